The van der Waals surface area contributed by atoms with Crippen LogP contribution >= 0.6 is 0 Å². The molecule has 5 nitrogen and oxygen atoms in total. The van der Waals surface area contributed by atoms with Crippen LogP contribution in [0.3, 0.4) is 0 Å². The number of nitrogens with one attached hydrogen (secondary N) is 1. The predicted molar refractivity (Wildman–Crippen MR) is 78.6 cm³/mol. The Morgan fingerprint density at radius 1 is 1.45 bits per heavy atom. The first-order valence-electron chi connectivity index (χ1n) is 6.96. The summed E-state index contributed by atoms with van der Waals surface area (Å²) in [6, 6.07) is 7.03. The summed E-state index contributed by atoms with van der Waals surface area (Å²) in [7, 11) is 0. The van der Waals surface area contributed by atoms with E-state index in [1.165, 1.54) is 6.07 Å². The molecule has 0 heterocycles. The zero-order valence-electron chi connectivity index (χ0n) is 12.2. The molecule has 0 amide bonds. The third-order valence-corrected chi connectivity index (χ3v) is 3.53. The van der Waals surface area contributed by atoms with E-state index in [0.29, 0.717) is 0 Å². The lowest BCUT2D eigenvalue weighted by atomic mass is 9.88. The number of nitro benzene ring substituents is 1. The molecule has 5 heteroatoms. The molecule has 1 N–H and O–H groups in total. The average Bonchev–Trinajstić information content (AvgIpc) is 2.45. The Morgan fingerprint density at radius 2 is 2.15 bits per heavy atom. The van der Waals surface area contributed by atoms with Crippen LogP contribution in [-0.2, 0) is 0 Å². The van der Waals surface area contributed by atoms with Gasteiger partial charge in [0.25, 0.3) is 5.69 Å². The molecule has 1 aromatic rings. The third kappa shape index (κ3) is 3.78. The fourth-order valence-corrected chi connectivity index (χ4v) is 2.43. The van der Waals surface area contributed by atoms with Gasteiger partial charge in [-0.3, -0.25) is 10.1 Å². The van der Waals surface area contributed by atoms with Gasteiger partial charge in [0.1, 0.15) is 11.6 Å². The molecular weight excluding hydrogens is 254 g/mol. The minimum absolute atomic E-state index is 0.125. The normalized spacial score (nSPS) is 13.5. The van der Waals surface area contributed by atoms with Crippen LogP contribution in [0.1, 0.15) is 50.7 Å². The molecule has 108 valence electrons. The Balaban J connectivity index is 3.05. The van der Waals surface area contributed by atoms with Gasteiger partial charge in [-0.15, -0.1) is 0 Å². The molecule has 20 heavy (non-hydrogen) atoms. The highest BCUT2D eigenvalue weighted by Gasteiger charge is 2.21. The summed E-state index contributed by atoms with van der Waals surface area (Å²) >= 11 is 0. The first-order chi connectivity index (χ1) is 9.54. The van der Waals surface area contributed by atoms with Gasteiger partial charge in [-0.2, -0.15) is 5.26 Å². The second-order valence-electron chi connectivity index (χ2n) is 4.90. The monoisotopic (exact) mass is 275 g/mol. The Hall–Kier alpha value is -1.93. The minimum Gasteiger partial charge on any atom is -0.314 e. The Labute approximate surface area is 119 Å². The van der Waals surface area contributed by atoms with Gasteiger partial charge >= 0.3 is 0 Å². The molecular formula is C15H21N3O2. The van der Waals surface area contributed by atoms with Crippen LogP contribution in [-0.4, -0.2) is 17.5 Å². The molecule has 0 aliphatic carbocycles. The van der Waals surface area contributed by atoms with Crippen LogP contribution in [0.15, 0.2) is 18.2 Å². The molecule has 0 bridgehead atoms. The van der Waals surface area contributed by atoms with Crippen LogP contribution in [0.5, 0.6) is 0 Å². The number of hydrogen-bond acceptors (Lipinski definition) is 4. The van der Waals surface area contributed by atoms with Crippen LogP contribution in [0.25, 0.3) is 0 Å². The predicted octanol–water partition coefficient (Wildman–Crippen LogP) is 3.35. The summed E-state index contributed by atoms with van der Waals surface area (Å²) in [5.41, 5.74) is 0.986. The molecule has 0 fully saturated rings. The molecule has 0 aliphatic heterocycles. The molecule has 1 aromatic carbocycles. The molecule has 0 saturated carbocycles. The van der Waals surface area contributed by atoms with Crippen molar-refractivity contribution in [3.05, 3.63) is 39.4 Å². The average molecular weight is 275 g/mol. The Kier molecular flexibility index (Phi) is 6.13. The molecule has 2 unspecified atom stereocenters. The SMILES string of the molecule is CCCNC(C)C(CC)c1ccc([N+](=O)[O-])c(C#N)c1. The first kappa shape index (κ1) is 16.1. The van der Waals surface area contributed by atoms with Gasteiger partial charge in [-0.25, -0.2) is 0 Å². The highest BCUT2D eigenvalue weighted by molar-refractivity contribution is 5.51. The van der Waals surface area contributed by atoms with E-state index in [9.17, 15) is 10.1 Å². The van der Waals surface area contributed by atoms with Crippen molar-refractivity contribution in [2.24, 2.45) is 0 Å². The largest absolute Gasteiger partial charge is 0.314 e. The van der Waals surface area contributed by atoms with E-state index in [1.807, 2.05) is 6.07 Å². The van der Waals surface area contributed by atoms with Crippen molar-refractivity contribution in [2.75, 3.05) is 6.54 Å². The quantitative estimate of drug-likeness (QED) is 0.611. The summed E-state index contributed by atoms with van der Waals surface area (Å²) < 4.78 is 0. The second-order valence-corrected chi connectivity index (χ2v) is 4.90. The van der Waals surface area contributed by atoms with Gasteiger partial charge in [0.05, 0.1) is 4.92 Å². The van der Waals surface area contributed by atoms with Crippen LogP contribution in [0, 0.1) is 21.4 Å². The lowest BCUT2D eigenvalue weighted by Gasteiger charge is -2.24. The van der Waals surface area contributed by atoms with Gasteiger partial charge in [0.15, 0.2) is 0 Å². The van der Waals surface area contributed by atoms with Gasteiger partial charge < -0.3 is 5.32 Å². The number of nitriles is 1. The Morgan fingerprint density at radius 3 is 2.65 bits per heavy atom. The topological polar surface area (TPSA) is 79.0 Å². The van der Waals surface area contributed by atoms with E-state index >= 15 is 0 Å². The van der Waals surface area contributed by atoms with E-state index in [1.54, 1.807) is 12.1 Å². The molecule has 0 saturated heterocycles. The zero-order valence-corrected chi connectivity index (χ0v) is 12.2. The van der Waals surface area contributed by atoms with Crippen molar-refractivity contribution in [1.29, 1.82) is 5.26 Å². The van der Waals surface area contributed by atoms with Crippen LogP contribution in [0.2, 0.25) is 0 Å². The van der Waals surface area contributed by atoms with Crippen LogP contribution in [0.4, 0.5) is 5.69 Å². The summed E-state index contributed by atoms with van der Waals surface area (Å²) in [5.74, 6) is 0.245. The molecule has 2 atom stereocenters. The van der Waals surface area contributed by atoms with E-state index < -0.39 is 4.92 Å². The van der Waals surface area contributed by atoms with Crippen molar-refractivity contribution in [3.63, 3.8) is 0 Å². The molecule has 0 aromatic heterocycles. The van der Waals surface area contributed by atoms with Crippen molar-refractivity contribution in [1.82, 2.24) is 5.32 Å². The molecule has 0 radical (unpaired) electrons. The van der Waals surface area contributed by atoms with E-state index in [2.05, 4.69) is 26.1 Å². The summed E-state index contributed by atoms with van der Waals surface area (Å²) in [6.07, 6.45) is 1.98. The number of nitro groups is 1. The molecule has 0 aliphatic rings. The van der Waals surface area contributed by atoms with Gasteiger partial charge in [-0.1, -0.05) is 19.9 Å². The third-order valence-electron chi connectivity index (χ3n) is 3.53. The number of hydrogen-bond donors (Lipinski definition) is 1. The van der Waals surface area contributed by atoms with E-state index in [0.717, 1.165) is 24.9 Å². The smallest absolute Gasteiger partial charge is 0.287 e. The lowest BCUT2D eigenvalue weighted by Crippen LogP contribution is -2.32. The number of nitrogens with zero attached hydrogens (tertiary/aromatic N) is 2. The second kappa shape index (κ2) is 7.61. The van der Waals surface area contributed by atoms with Gasteiger partial charge in [0.2, 0.25) is 0 Å². The maximum Gasteiger partial charge on any atom is 0.287 e. The summed E-state index contributed by atoms with van der Waals surface area (Å²) in [5, 5.41) is 23.3. The Bertz CT molecular complexity index is 508. The number of benzene rings is 1. The van der Waals surface area contributed by atoms with Crippen molar-refractivity contribution in [3.8, 4) is 6.07 Å². The standard InChI is InChI=1S/C15H21N3O2/c1-4-8-17-11(3)14(5-2)12-6-7-15(18(19)20)13(9-12)10-16/h6-7,9,11,14,17H,4-5,8H2,1-3H3. The number of rotatable bonds is 7. The van der Waals surface area contributed by atoms with Crippen molar-refractivity contribution in [2.45, 2.75) is 45.6 Å². The first-order valence-corrected chi connectivity index (χ1v) is 6.96. The maximum absolute atomic E-state index is 10.8. The zero-order chi connectivity index (χ0) is 15.1. The van der Waals surface area contributed by atoms with Crippen molar-refractivity contribution >= 4 is 5.69 Å². The fraction of sp³-hybridized carbons (Fsp3) is 0.533. The molecule has 1 rings (SSSR count). The van der Waals surface area contributed by atoms with Gasteiger partial charge in [-0.05, 0) is 43.9 Å². The molecule has 0 spiro atoms. The van der Waals surface area contributed by atoms with E-state index in [4.69, 9.17) is 5.26 Å². The fourth-order valence-electron chi connectivity index (χ4n) is 2.43. The lowest BCUT2D eigenvalue weighted by molar-refractivity contribution is -0.385. The van der Waals surface area contributed by atoms with Gasteiger partial charge in [0, 0.05) is 12.1 Å². The minimum atomic E-state index is -0.512. The maximum atomic E-state index is 10.8. The summed E-state index contributed by atoms with van der Waals surface area (Å²) in [6.45, 7) is 7.25. The highest BCUT2D eigenvalue weighted by Crippen LogP contribution is 2.28. The highest BCUT2D eigenvalue weighted by atomic mass is 16.6. The van der Waals surface area contributed by atoms with Crippen molar-refractivity contribution < 1.29 is 4.92 Å². The summed E-state index contributed by atoms with van der Waals surface area (Å²) in [4.78, 5) is 10.3. The van der Waals surface area contributed by atoms with E-state index in [-0.39, 0.29) is 23.2 Å². The van der Waals surface area contributed by atoms with Crippen LogP contribution < -0.4 is 5.32 Å².